The molecule has 0 fully saturated rings. The fourth-order valence-corrected chi connectivity index (χ4v) is 2.78. The first-order chi connectivity index (χ1) is 8.77. The van der Waals surface area contributed by atoms with Crippen molar-refractivity contribution in [3.8, 4) is 0 Å². The Morgan fingerprint density at radius 1 is 0.833 bits per heavy atom. The summed E-state index contributed by atoms with van der Waals surface area (Å²) in [5.74, 6) is -1.66. The van der Waals surface area contributed by atoms with Crippen LogP contribution in [0.3, 0.4) is 0 Å². The first-order valence-corrected chi connectivity index (χ1v) is 6.14. The SMILES string of the molecule is [O]C(=O)C1c2ccccc2CCc2ccccc21. The Bertz CT molecular complexity index is 554. The Hall–Kier alpha value is -2.09. The number of hydrogen-bond donors (Lipinski definition) is 0. The van der Waals surface area contributed by atoms with Gasteiger partial charge in [-0.05, 0) is 35.1 Å². The van der Waals surface area contributed by atoms with Gasteiger partial charge in [0.2, 0.25) is 0 Å². The molecule has 0 atom stereocenters. The highest BCUT2D eigenvalue weighted by atomic mass is 16.4. The number of fused-ring (bicyclic) bond motifs is 2. The van der Waals surface area contributed by atoms with Gasteiger partial charge in [-0.25, -0.2) is 9.90 Å². The van der Waals surface area contributed by atoms with E-state index in [1.165, 1.54) is 0 Å². The average molecular weight is 237 g/mol. The lowest BCUT2D eigenvalue weighted by molar-refractivity contribution is -0.143. The zero-order valence-electron chi connectivity index (χ0n) is 9.93. The Morgan fingerprint density at radius 3 is 1.72 bits per heavy atom. The van der Waals surface area contributed by atoms with Gasteiger partial charge in [0.1, 0.15) is 5.92 Å². The Balaban J connectivity index is 2.24. The number of rotatable bonds is 1. The van der Waals surface area contributed by atoms with Crippen molar-refractivity contribution in [3.05, 3.63) is 70.8 Å². The maximum absolute atomic E-state index is 11.5. The molecule has 1 aliphatic carbocycles. The molecule has 0 aromatic heterocycles. The lowest BCUT2D eigenvalue weighted by atomic mass is 9.88. The molecule has 89 valence electrons. The van der Waals surface area contributed by atoms with Crippen molar-refractivity contribution < 1.29 is 9.90 Å². The molecule has 2 nitrogen and oxygen atoms in total. The molecular formula is C16H13O2. The van der Waals surface area contributed by atoms with Gasteiger partial charge in [0.15, 0.2) is 0 Å². The van der Waals surface area contributed by atoms with Crippen molar-refractivity contribution in [1.29, 1.82) is 0 Å². The van der Waals surface area contributed by atoms with E-state index in [1.54, 1.807) is 0 Å². The van der Waals surface area contributed by atoms with Crippen LogP contribution in [0.2, 0.25) is 0 Å². The molecule has 0 bridgehead atoms. The van der Waals surface area contributed by atoms with Crippen molar-refractivity contribution in [1.82, 2.24) is 0 Å². The lowest BCUT2D eigenvalue weighted by Crippen LogP contribution is -2.13. The molecule has 0 aliphatic heterocycles. The van der Waals surface area contributed by atoms with E-state index in [-0.39, 0.29) is 0 Å². The third kappa shape index (κ3) is 1.70. The van der Waals surface area contributed by atoms with Gasteiger partial charge in [-0.3, -0.25) is 0 Å². The van der Waals surface area contributed by atoms with E-state index in [0.29, 0.717) is 0 Å². The van der Waals surface area contributed by atoms with Gasteiger partial charge in [-0.2, -0.15) is 0 Å². The van der Waals surface area contributed by atoms with Gasteiger partial charge < -0.3 is 0 Å². The molecule has 0 amide bonds. The van der Waals surface area contributed by atoms with E-state index in [4.69, 9.17) is 0 Å². The van der Waals surface area contributed by atoms with Crippen LogP contribution in [0, 0.1) is 0 Å². The molecule has 0 heterocycles. The molecule has 0 spiro atoms. The molecule has 0 saturated heterocycles. The zero-order valence-corrected chi connectivity index (χ0v) is 9.93. The number of benzene rings is 2. The Morgan fingerprint density at radius 2 is 1.28 bits per heavy atom. The summed E-state index contributed by atoms with van der Waals surface area (Å²) in [6.07, 6.45) is 1.77. The predicted molar refractivity (Wildman–Crippen MR) is 67.8 cm³/mol. The van der Waals surface area contributed by atoms with Crippen molar-refractivity contribution in [2.24, 2.45) is 0 Å². The van der Waals surface area contributed by atoms with Crippen molar-refractivity contribution in [2.75, 3.05) is 0 Å². The summed E-state index contributed by atoms with van der Waals surface area (Å²) in [5.41, 5.74) is 3.98. The third-order valence-corrected chi connectivity index (χ3v) is 3.63. The number of carbonyl (C=O) groups is 1. The van der Waals surface area contributed by atoms with Gasteiger partial charge >= 0.3 is 5.97 Å². The maximum Gasteiger partial charge on any atom is 0.367 e. The van der Waals surface area contributed by atoms with Gasteiger partial charge in [0.05, 0.1) is 0 Å². The normalized spacial score (nSPS) is 14.4. The molecule has 2 aromatic rings. The predicted octanol–water partition coefficient (Wildman–Crippen LogP) is 2.87. The standard InChI is InChI=1S/C16H13O2/c17-16(18)15-13-7-3-1-5-11(13)9-10-12-6-2-4-8-14(12)15/h1-8,15H,9-10H2. The van der Waals surface area contributed by atoms with E-state index < -0.39 is 11.9 Å². The minimum atomic E-state index is -1.02. The van der Waals surface area contributed by atoms with Gasteiger partial charge in [0, 0.05) is 0 Å². The van der Waals surface area contributed by atoms with Gasteiger partial charge in [-0.15, -0.1) is 0 Å². The zero-order chi connectivity index (χ0) is 12.5. The first-order valence-electron chi connectivity index (χ1n) is 6.14. The van der Waals surface area contributed by atoms with E-state index in [0.717, 1.165) is 35.1 Å². The first kappa shape index (κ1) is 11.0. The lowest BCUT2D eigenvalue weighted by Gasteiger charge is -2.14. The molecule has 2 heteroatoms. The molecular weight excluding hydrogens is 224 g/mol. The summed E-state index contributed by atoms with van der Waals surface area (Å²) >= 11 is 0. The van der Waals surface area contributed by atoms with Crippen LogP contribution in [0.1, 0.15) is 28.2 Å². The molecule has 3 rings (SSSR count). The largest absolute Gasteiger partial charge is 0.367 e. The van der Waals surface area contributed by atoms with Crippen LogP contribution in [-0.2, 0) is 22.7 Å². The fourth-order valence-electron chi connectivity index (χ4n) is 2.78. The molecule has 0 saturated carbocycles. The molecule has 1 radical (unpaired) electrons. The molecule has 0 unspecified atom stereocenters. The second-order valence-corrected chi connectivity index (χ2v) is 4.65. The second kappa shape index (κ2) is 4.30. The van der Waals surface area contributed by atoms with Crippen LogP contribution in [0.4, 0.5) is 0 Å². The molecule has 0 N–H and O–H groups in total. The Kier molecular flexibility index (Phi) is 2.63. The van der Waals surface area contributed by atoms with E-state index in [1.807, 2.05) is 48.5 Å². The molecule has 2 aromatic carbocycles. The fraction of sp³-hybridized carbons (Fsp3) is 0.188. The summed E-state index contributed by atoms with van der Waals surface area (Å²) < 4.78 is 0. The van der Waals surface area contributed by atoms with E-state index >= 15 is 0 Å². The minimum absolute atomic E-state index is 0.639. The maximum atomic E-state index is 11.5. The highest BCUT2D eigenvalue weighted by Gasteiger charge is 2.29. The smallest absolute Gasteiger partial charge is 0.246 e. The Labute approximate surface area is 106 Å². The molecule has 1 aliphatic rings. The minimum Gasteiger partial charge on any atom is -0.246 e. The van der Waals surface area contributed by atoms with Crippen molar-refractivity contribution in [2.45, 2.75) is 18.8 Å². The average Bonchev–Trinajstić information content (AvgIpc) is 2.55. The summed E-state index contributed by atoms with van der Waals surface area (Å²) in [4.78, 5) is 11.5. The topological polar surface area (TPSA) is 37.0 Å². The second-order valence-electron chi connectivity index (χ2n) is 4.65. The highest BCUT2D eigenvalue weighted by molar-refractivity contribution is 5.81. The summed E-state index contributed by atoms with van der Waals surface area (Å²) in [5, 5.41) is 11.5. The molecule has 18 heavy (non-hydrogen) atoms. The van der Waals surface area contributed by atoms with Crippen LogP contribution >= 0.6 is 0 Å². The van der Waals surface area contributed by atoms with Crippen molar-refractivity contribution in [3.63, 3.8) is 0 Å². The van der Waals surface area contributed by atoms with Crippen LogP contribution < -0.4 is 0 Å². The van der Waals surface area contributed by atoms with E-state index in [2.05, 4.69) is 0 Å². The monoisotopic (exact) mass is 237 g/mol. The van der Waals surface area contributed by atoms with Crippen LogP contribution in [0.25, 0.3) is 0 Å². The summed E-state index contributed by atoms with van der Waals surface area (Å²) in [6.45, 7) is 0. The number of carbonyl (C=O) groups excluding carboxylic acids is 1. The number of aryl methyl sites for hydroxylation is 2. The van der Waals surface area contributed by atoms with Gasteiger partial charge in [0.25, 0.3) is 0 Å². The summed E-state index contributed by atoms with van der Waals surface area (Å²) in [7, 11) is 0. The van der Waals surface area contributed by atoms with Crippen LogP contribution in [0.5, 0.6) is 0 Å². The van der Waals surface area contributed by atoms with E-state index in [9.17, 15) is 9.90 Å². The van der Waals surface area contributed by atoms with Gasteiger partial charge in [-0.1, -0.05) is 48.5 Å². The summed E-state index contributed by atoms with van der Waals surface area (Å²) in [6, 6.07) is 15.5. The van der Waals surface area contributed by atoms with Crippen LogP contribution in [0.15, 0.2) is 48.5 Å². The van der Waals surface area contributed by atoms with Crippen molar-refractivity contribution >= 4 is 5.97 Å². The highest BCUT2D eigenvalue weighted by Crippen LogP contribution is 2.34. The van der Waals surface area contributed by atoms with Crippen LogP contribution in [-0.4, -0.2) is 5.97 Å². The third-order valence-electron chi connectivity index (χ3n) is 3.63. The quantitative estimate of drug-likeness (QED) is 0.751. The number of hydrogen-bond acceptors (Lipinski definition) is 1.